The van der Waals surface area contributed by atoms with E-state index in [4.69, 9.17) is 4.74 Å². The van der Waals surface area contributed by atoms with E-state index in [9.17, 15) is 4.79 Å². The van der Waals surface area contributed by atoms with Crippen molar-refractivity contribution in [3.8, 4) is 0 Å². The van der Waals surface area contributed by atoms with Gasteiger partial charge in [0.15, 0.2) is 0 Å². The van der Waals surface area contributed by atoms with Gasteiger partial charge < -0.3 is 9.64 Å². The van der Waals surface area contributed by atoms with Crippen LogP contribution in [-0.4, -0.2) is 34.7 Å². The fraction of sp³-hybridized carbons (Fsp3) is 0.625. The Hall–Kier alpha value is -1.58. The molecule has 0 aromatic carbocycles. The second kappa shape index (κ2) is 5.81. The molecule has 2 heterocycles. The Bertz CT molecular complexity index is 472. The normalized spacial score (nSPS) is 17.1. The molecule has 0 saturated carbocycles. The van der Waals surface area contributed by atoms with Crippen molar-refractivity contribution in [1.82, 2.24) is 9.88 Å². The molecular formula is C16H24N2O2. The molecule has 0 N–H and O–H groups in total. The molecule has 1 saturated heterocycles. The Morgan fingerprint density at radius 2 is 2.00 bits per heavy atom. The van der Waals surface area contributed by atoms with Crippen LogP contribution in [0.1, 0.15) is 50.8 Å². The number of likely N-dealkylation sites (tertiary alicyclic amines) is 1. The molecule has 0 radical (unpaired) electrons. The maximum Gasteiger partial charge on any atom is 0.410 e. The summed E-state index contributed by atoms with van der Waals surface area (Å²) in [7, 11) is 0. The van der Waals surface area contributed by atoms with Crippen LogP contribution < -0.4 is 0 Å². The minimum atomic E-state index is -0.425. The summed E-state index contributed by atoms with van der Waals surface area (Å²) >= 11 is 0. The molecule has 1 aliphatic heterocycles. The molecule has 1 aliphatic rings. The van der Waals surface area contributed by atoms with Crippen molar-refractivity contribution in [3.63, 3.8) is 0 Å². The molecule has 110 valence electrons. The van der Waals surface area contributed by atoms with Crippen LogP contribution in [0.15, 0.2) is 18.3 Å². The third-order valence-electron chi connectivity index (χ3n) is 3.58. The summed E-state index contributed by atoms with van der Waals surface area (Å²) in [6, 6.07) is 4.07. The van der Waals surface area contributed by atoms with E-state index >= 15 is 0 Å². The van der Waals surface area contributed by atoms with Gasteiger partial charge in [-0.05, 0) is 52.2 Å². The topological polar surface area (TPSA) is 42.4 Å². The minimum absolute atomic E-state index is 0.200. The maximum absolute atomic E-state index is 12.0. The minimum Gasteiger partial charge on any atom is -0.444 e. The Morgan fingerprint density at radius 3 is 2.55 bits per heavy atom. The van der Waals surface area contributed by atoms with Crippen LogP contribution in [0.4, 0.5) is 4.79 Å². The summed E-state index contributed by atoms with van der Waals surface area (Å²) in [4.78, 5) is 18.3. The second-order valence-electron chi connectivity index (χ2n) is 6.45. The first kappa shape index (κ1) is 14.8. The van der Waals surface area contributed by atoms with E-state index in [1.807, 2.05) is 33.0 Å². The number of aromatic nitrogens is 1. The lowest BCUT2D eigenvalue weighted by molar-refractivity contribution is 0.0204. The number of carbonyl (C=O) groups excluding carboxylic acids is 1. The van der Waals surface area contributed by atoms with E-state index in [2.05, 4.69) is 18.0 Å². The average Bonchev–Trinajstić information content (AvgIpc) is 2.37. The molecule has 1 aromatic rings. The van der Waals surface area contributed by atoms with E-state index in [0.29, 0.717) is 5.92 Å². The molecule has 0 unspecified atom stereocenters. The van der Waals surface area contributed by atoms with E-state index in [1.165, 1.54) is 11.3 Å². The molecule has 0 bridgehead atoms. The molecule has 2 rings (SSSR count). The number of aryl methyl sites for hydroxylation is 1. The van der Waals surface area contributed by atoms with Crippen molar-refractivity contribution < 1.29 is 9.53 Å². The molecule has 0 aliphatic carbocycles. The van der Waals surface area contributed by atoms with Gasteiger partial charge in [0.1, 0.15) is 5.60 Å². The van der Waals surface area contributed by atoms with Gasteiger partial charge in [-0.1, -0.05) is 6.07 Å². The number of nitrogens with zero attached hydrogens (tertiary/aromatic N) is 2. The van der Waals surface area contributed by atoms with E-state index in [1.54, 1.807) is 4.90 Å². The smallest absolute Gasteiger partial charge is 0.410 e. The average molecular weight is 276 g/mol. The molecule has 1 amide bonds. The van der Waals surface area contributed by atoms with Crippen molar-refractivity contribution in [1.29, 1.82) is 0 Å². The lowest BCUT2D eigenvalue weighted by atomic mass is 9.91. The van der Waals surface area contributed by atoms with Crippen LogP contribution in [0.2, 0.25) is 0 Å². The second-order valence-corrected chi connectivity index (χ2v) is 6.45. The summed E-state index contributed by atoms with van der Waals surface area (Å²) in [5, 5.41) is 0. The van der Waals surface area contributed by atoms with Gasteiger partial charge in [0, 0.05) is 30.9 Å². The molecule has 1 fully saturated rings. The van der Waals surface area contributed by atoms with Gasteiger partial charge in [0.05, 0.1) is 0 Å². The van der Waals surface area contributed by atoms with Crippen molar-refractivity contribution in [2.24, 2.45) is 0 Å². The van der Waals surface area contributed by atoms with Crippen LogP contribution in [0.25, 0.3) is 0 Å². The first-order valence-corrected chi connectivity index (χ1v) is 7.26. The lowest BCUT2D eigenvalue weighted by Crippen LogP contribution is -2.41. The van der Waals surface area contributed by atoms with Crippen LogP contribution in [0.5, 0.6) is 0 Å². The van der Waals surface area contributed by atoms with Gasteiger partial charge in [-0.25, -0.2) is 4.79 Å². The number of rotatable bonds is 1. The summed E-state index contributed by atoms with van der Waals surface area (Å²) in [5.41, 5.74) is 1.99. The number of amides is 1. The molecule has 1 aromatic heterocycles. The Kier molecular flexibility index (Phi) is 4.31. The number of piperidine rings is 1. The molecule has 0 spiro atoms. The van der Waals surface area contributed by atoms with Gasteiger partial charge in [0.2, 0.25) is 0 Å². The molecular weight excluding hydrogens is 252 g/mol. The van der Waals surface area contributed by atoms with Crippen molar-refractivity contribution in [3.05, 3.63) is 29.6 Å². The molecule has 0 atom stereocenters. The third kappa shape index (κ3) is 3.71. The Balaban J connectivity index is 1.93. The highest BCUT2D eigenvalue weighted by Gasteiger charge is 2.28. The van der Waals surface area contributed by atoms with E-state index < -0.39 is 5.60 Å². The van der Waals surface area contributed by atoms with E-state index in [-0.39, 0.29) is 6.09 Å². The zero-order chi connectivity index (χ0) is 14.8. The largest absolute Gasteiger partial charge is 0.444 e. The molecule has 4 heteroatoms. The Morgan fingerprint density at radius 1 is 1.35 bits per heavy atom. The van der Waals surface area contributed by atoms with Gasteiger partial charge in [-0.3, -0.25) is 4.98 Å². The number of pyridine rings is 1. The number of ether oxygens (including phenoxy) is 1. The predicted octanol–water partition coefficient (Wildman–Crippen LogP) is 3.50. The standard InChI is InChI=1S/C16H24N2O2/c1-12-6-5-9-17-14(12)13-7-10-18(11-8-13)15(19)20-16(2,3)4/h5-6,9,13H,7-8,10-11H2,1-4H3. The van der Waals surface area contributed by atoms with Crippen LogP contribution in [-0.2, 0) is 4.74 Å². The molecule has 20 heavy (non-hydrogen) atoms. The predicted molar refractivity (Wildman–Crippen MR) is 78.8 cm³/mol. The number of hydrogen-bond donors (Lipinski definition) is 0. The Labute approximate surface area is 121 Å². The summed E-state index contributed by atoms with van der Waals surface area (Å²) in [6.07, 6.45) is 3.56. The summed E-state index contributed by atoms with van der Waals surface area (Å²) < 4.78 is 5.41. The SMILES string of the molecule is Cc1cccnc1C1CCN(C(=O)OC(C)(C)C)CC1. The fourth-order valence-corrected chi connectivity index (χ4v) is 2.59. The summed E-state index contributed by atoms with van der Waals surface area (Å²) in [6.45, 7) is 9.28. The van der Waals surface area contributed by atoms with Gasteiger partial charge in [0.25, 0.3) is 0 Å². The van der Waals surface area contributed by atoms with Crippen molar-refractivity contribution in [2.45, 2.75) is 52.1 Å². The zero-order valence-electron chi connectivity index (χ0n) is 12.8. The van der Waals surface area contributed by atoms with Crippen molar-refractivity contribution in [2.75, 3.05) is 13.1 Å². The van der Waals surface area contributed by atoms with Gasteiger partial charge >= 0.3 is 6.09 Å². The highest BCUT2D eigenvalue weighted by atomic mass is 16.6. The van der Waals surface area contributed by atoms with Crippen LogP contribution in [0, 0.1) is 6.92 Å². The van der Waals surface area contributed by atoms with Gasteiger partial charge in [-0.2, -0.15) is 0 Å². The fourth-order valence-electron chi connectivity index (χ4n) is 2.59. The van der Waals surface area contributed by atoms with Crippen molar-refractivity contribution >= 4 is 6.09 Å². The quantitative estimate of drug-likeness (QED) is 0.788. The number of hydrogen-bond acceptors (Lipinski definition) is 3. The monoisotopic (exact) mass is 276 g/mol. The molecule has 4 nitrogen and oxygen atoms in total. The highest BCUT2D eigenvalue weighted by Crippen LogP contribution is 2.29. The first-order valence-electron chi connectivity index (χ1n) is 7.26. The van der Waals surface area contributed by atoms with Gasteiger partial charge in [-0.15, -0.1) is 0 Å². The maximum atomic E-state index is 12.0. The third-order valence-corrected chi connectivity index (χ3v) is 3.58. The lowest BCUT2D eigenvalue weighted by Gasteiger charge is -2.33. The van der Waals surface area contributed by atoms with Crippen LogP contribution >= 0.6 is 0 Å². The highest BCUT2D eigenvalue weighted by molar-refractivity contribution is 5.68. The summed E-state index contributed by atoms with van der Waals surface area (Å²) in [5.74, 6) is 0.454. The first-order chi connectivity index (χ1) is 9.37. The van der Waals surface area contributed by atoms with E-state index in [0.717, 1.165) is 25.9 Å². The number of carbonyl (C=O) groups is 1. The van der Waals surface area contributed by atoms with Crippen LogP contribution in [0.3, 0.4) is 0 Å². The zero-order valence-corrected chi connectivity index (χ0v) is 12.8.